The first-order valence-corrected chi connectivity index (χ1v) is 10.7. The SMILES string of the molecule is COc1ccc(Cl)cc1CN1C(=O)OCc2ccc(C(=O)Nc3ccc(CC(=O)O)cc3)cc21. The number of ether oxygens (including phenoxy) is 2. The molecule has 4 rings (SSSR count). The molecule has 0 saturated carbocycles. The fraction of sp³-hybridized carbons (Fsp3) is 0.160. The van der Waals surface area contributed by atoms with Crippen molar-refractivity contribution in [1.29, 1.82) is 0 Å². The van der Waals surface area contributed by atoms with Gasteiger partial charge in [-0.25, -0.2) is 4.79 Å². The summed E-state index contributed by atoms with van der Waals surface area (Å²) in [5, 5.41) is 12.2. The topological polar surface area (TPSA) is 105 Å². The van der Waals surface area contributed by atoms with Crippen molar-refractivity contribution < 1.29 is 29.0 Å². The van der Waals surface area contributed by atoms with Crippen LogP contribution in [0.2, 0.25) is 5.02 Å². The van der Waals surface area contributed by atoms with E-state index in [2.05, 4.69) is 5.32 Å². The lowest BCUT2D eigenvalue weighted by Crippen LogP contribution is -2.35. The standard InChI is InChI=1S/C25H21ClN2O6/c1-33-22-9-6-19(26)11-18(22)13-28-21-12-16(4-5-17(21)14-34-25(28)32)24(31)27-20-7-2-15(3-8-20)10-23(29)30/h2-9,11-12H,10,13-14H2,1H3,(H,27,31)(H,29,30). The number of amides is 2. The third-order valence-electron chi connectivity index (χ3n) is 5.35. The van der Waals surface area contributed by atoms with Gasteiger partial charge in [0.1, 0.15) is 12.4 Å². The van der Waals surface area contributed by atoms with Crippen LogP contribution in [0.4, 0.5) is 16.2 Å². The van der Waals surface area contributed by atoms with E-state index >= 15 is 0 Å². The predicted molar refractivity (Wildman–Crippen MR) is 127 cm³/mol. The third kappa shape index (κ3) is 5.13. The number of hydrogen-bond donors (Lipinski definition) is 2. The normalized spacial score (nSPS) is 12.5. The molecule has 0 aliphatic carbocycles. The lowest BCUT2D eigenvalue weighted by molar-refractivity contribution is -0.136. The maximum absolute atomic E-state index is 12.9. The Morgan fingerprint density at radius 2 is 1.88 bits per heavy atom. The van der Waals surface area contributed by atoms with Crippen molar-refractivity contribution in [3.8, 4) is 5.75 Å². The van der Waals surface area contributed by atoms with Crippen molar-refractivity contribution in [1.82, 2.24) is 0 Å². The highest BCUT2D eigenvalue weighted by molar-refractivity contribution is 6.30. The van der Waals surface area contributed by atoms with Gasteiger partial charge in [0.05, 0.1) is 25.8 Å². The summed E-state index contributed by atoms with van der Waals surface area (Å²) in [7, 11) is 1.53. The molecule has 0 aromatic heterocycles. The predicted octanol–water partition coefficient (Wildman–Crippen LogP) is 4.88. The van der Waals surface area contributed by atoms with Crippen LogP contribution in [-0.4, -0.2) is 30.2 Å². The van der Waals surface area contributed by atoms with Crippen LogP contribution in [0.3, 0.4) is 0 Å². The van der Waals surface area contributed by atoms with Gasteiger partial charge >= 0.3 is 12.1 Å². The van der Waals surface area contributed by atoms with Crippen LogP contribution in [-0.2, 0) is 29.1 Å². The van der Waals surface area contributed by atoms with Crippen LogP contribution >= 0.6 is 11.6 Å². The van der Waals surface area contributed by atoms with Gasteiger partial charge in [0.15, 0.2) is 0 Å². The number of anilines is 2. The maximum atomic E-state index is 12.9. The Morgan fingerprint density at radius 3 is 2.59 bits per heavy atom. The van der Waals surface area contributed by atoms with Crippen molar-refractivity contribution in [3.05, 3.63) is 87.9 Å². The Balaban J connectivity index is 1.58. The summed E-state index contributed by atoms with van der Waals surface area (Å²) < 4.78 is 10.7. The highest BCUT2D eigenvalue weighted by atomic mass is 35.5. The smallest absolute Gasteiger partial charge is 0.414 e. The zero-order valence-corrected chi connectivity index (χ0v) is 19.0. The molecule has 0 saturated heterocycles. The van der Waals surface area contributed by atoms with Crippen LogP contribution in [0.1, 0.15) is 27.0 Å². The van der Waals surface area contributed by atoms with Gasteiger partial charge in [-0.1, -0.05) is 29.8 Å². The van der Waals surface area contributed by atoms with E-state index in [1.54, 1.807) is 60.7 Å². The summed E-state index contributed by atoms with van der Waals surface area (Å²) in [4.78, 5) is 37.8. The lowest BCUT2D eigenvalue weighted by atomic mass is 10.1. The average molecular weight is 481 g/mol. The number of methoxy groups -OCH3 is 1. The lowest BCUT2D eigenvalue weighted by Gasteiger charge is -2.30. The molecule has 8 nitrogen and oxygen atoms in total. The summed E-state index contributed by atoms with van der Waals surface area (Å²) >= 11 is 6.13. The Kier molecular flexibility index (Phi) is 6.70. The van der Waals surface area contributed by atoms with Gasteiger partial charge in [-0.2, -0.15) is 0 Å². The van der Waals surface area contributed by atoms with E-state index < -0.39 is 12.1 Å². The Morgan fingerprint density at radius 1 is 1.12 bits per heavy atom. The molecular formula is C25H21ClN2O6. The number of carbonyl (C=O) groups is 3. The Labute approximate surface area is 200 Å². The number of carbonyl (C=O) groups excluding carboxylic acids is 2. The van der Waals surface area contributed by atoms with Gasteiger partial charge in [-0.15, -0.1) is 0 Å². The molecule has 0 spiro atoms. The van der Waals surface area contributed by atoms with Crippen molar-refractivity contribution in [2.24, 2.45) is 0 Å². The molecule has 9 heteroatoms. The van der Waals surface area contributed by atoms with E-state index in [0.717, 1.165) is 5.56 Å². The van der Waals surface area contributed by atoms with Crippen molar-refractivity contribution in [2.75, 3.05) is 17.3 Å². The minimum absolute atomic E-state index is 0.0948. The number of hydrogen-bond acceptors (Lipinski definition) is 5. The minimum atomic E-state index is -0.927. The fourth-order valence-corrected chi connectivity index (χ4v) is 3.86. The van der Waals surface area contributed by atoms with Crippen molar-refractivity contribution in [2.45, 2.75) is 19.6 Å². The van der Waals surface area contributed by atoms with Gasteiger partial charge in [-0.3, -0.25) is 14.5 Å². The number of aliphatic carboxylic acids is 1. The molecule has 0 radical (unpaired) electrons. The highest BCUT2D eigenvalue weighted by Crippen LogP contribution is 2.32. The van der Waals surface area contributed by atoms with E-state index in [1.807, 2.05) is 0 Å². The average Bonchev–Trinajstić information content (AvgIpc) is 2.81. The molecular weight excluding hydrogens is 460 g/mol. The van der Waals surface area contributed by atoms with Gasteiger partial charge in [0, 0.05) is 27.4 Å². The second-order valence-electron chi connectivity index (χ2n) is 7.66. The van der Waals surface area contributed by atoms with Crippen LogP contribution < -0.4 is 15.0 Å². The molecule has 1 aliphatic heterocycles. The highest BCUT2D eigenvalue weighted by Gasteiger charge is 2.28. The monoisotopic (exact) mass is 480 g/mol. The second-order valence-corrected chi connectivity index (χ2v) is 8.10. The largest absolute Gasteiger partial charge is 0.496 e. The van der Waals surface area contributed by atoms with Crippen molar-refractivity contribution in [3.63, 3.8) is 0 Å². The maximum Gasteiger partial charge on any atom is 0.414 e. The molecule has 0 bridgehead atoms. The molecule has 0 atom stereocenters. The molecule has 2 N–H and O–H groups in total. The number of carboxylic acids is 1. The molecule has 3 aromatic rings. The number of cyclic esters (lactones) is 1. The molecule has 174 valence electrons. The summed E-state index contributed by atoms with van der Waals surface area (Å²) in [6.07, 6.45) is -0.635. The van der Waals surface area contributed by atoms with Gasteiger partial charge in [0.25, 0.3) is 5.91 Å². The summed E-state index contributed by atoms with van der Waals surface area (Å²) in [6, 6.07) is 16.8. The zero-order valence-electron chi connectivity index (χ0n) is 18.2. The fourth-order valence-electron chi connectivity index (χ4n) is 3.67. The number of nitrogens with one attached hydrogen (secondary N) is 1. The number of halogens is 1. The Bertz CT molecular complexity index is 1260. The van der Waals surface area contributed by atoms with E-state index in [1.165, 1.54) is 12.0 Å². The van der Waals surface area contributed by atoms with E-state index in [4.69, 9.17) is 26.2 Å². The summed E-state index contributed by atoms with van der Waals surface area (Å²) in [5.41, 5.74) is 3.52. The van der Waals surface area contributed by atoms with E-state index in [0.29, 0.717) is 38.8 Å². The number of rotatable bonds is 7. The van der Waals surface area contributed by atoms with Crippen LogP contribution in [0.5, 0.6) is 5.75 Å². The third-order valence-corrected chi connectivity index (χ3v) is 5.58. The zero-order chi connectivity index (χ0) is 24.2. The minimum Gasteiger partial charge on any atom is -0.496 e. The molecule has 0 fully saturated rings. The quantitative estimate of drug-likeness (QED) is 0.499. The molecule has 2 amide bonds. The molecule has 1 heterocycles. The van der Waals surface area contributed by atoms with E-state index in [-0.39, 0.29) is 25.5 Å². The van der Waals surface area contributed by atoms with Gasteiger partial charge < -0.3 is 19.9 Å². The number of carboxylic acid groups (broad SMARTS) is 1. The van der Waals surface area contributed by atoms with Crippen molar-refractivity contribution >= 4 is 40.9 Å². The van der Waals surface area contributed by atoms with Crippen LogP contribution in [0.15, 0.2) is 60.7 Å². The molecule has 34 heavy (non-hydrogen) atoms. The molecule has 3 aromatic carbocycles. The Hall–Kier alpha value is -4.04. The molecule has 0 unspecified atom stereocenters. The number of fused-ring (bicyclic) bond motifs is 1. The first-order chi connectivity index (χ1) is 16.3. The molecule has 1 aliphatic rings. The van der Waals surface area contributed by atoms with Gasteiger partial charge in [-0.05, 0) is 48.0 Å². The number of benzene rings is 3. The summed E-state index contributed by atoms with van der Waals surface area (Å²) in [5.74, 6) is -0.720. The van der Waals surface area contributed by atoms with Crippen LogP contribution in [0, 0.1) is 0 Å². The van der Waals surface area contributed by atoms with Crippen LogP contribution in [0.25, 0.3) is 0 Å². The summed E-state index contributed by atoms with van der Waals surface area (Å²) in [6.45, 7) is 0.246. The first kappa shape index (κ1) is 23.1. The first-order valence-electron chi connectivity index (χ1n) is 10.4. The second kappa shape index (κ2) is 9.84. The number of nitrogens with zero attached hydrogens (tertiary/aromatic N) is 1. The van der Waals surface area contributed by atoms with E-state index in [9.17, 15) is 14.4 Å². The van der Waals surface area contributed by atoms with Gasteiger partial charge in [0.2, 0.25) is 0 Å².